The Morgan fingerprint density at radius 2 is 1.80 bits per heavy atom. The smallest absolute Gasteiger partial charge is 0.154 e. The third-order valence-electron chi connectivity index (χ3n) is 3.55. The minimum Gasteiger partial charge on any atom is -0.268 e. The number of rotatable bonds is 7. The van der Waals surface area contributed by atoms with Crippen molar-refractivity contribution >= 4 is 21.4 Å². The van der Waals surface area contributed by atoms with E-state index in [1.54, 1.807) is 13.8 Å². The number of sulfone groups is 1. The van der Waals surface area contributed by atoms with Gasteiger partial charge in [0, 0.05) is 11.3 Å². The van der Waals surface area contributed by atoms with Crippen molar-refractivity contribution in [2.24, 2.45) is 0 Å². The highest BCUT2D eigenvalue weighted by Crippen LogP contribution is 2.28. The molecule has 1 aromatic rings. The van der Waals surface area contributed by atoms with E-state index in [2.05, 4.69) is 5.10 Å². The van der Waals surface area contributed by atoms with E-state index in [4.69, 9.17) is 11.6 Å². The Morgan fingerprint density at radius 1 is 1.20 bits per heavy atom. The number of hydrogen-bond donors (Lipinski definition) is 0. The summed E-state index contributed by atoms with van der Waals surface area (Å²) in [4.78, 5) is 0. The van der Waals surface area contributed by atoms with E-state index in [0.29, 0.717) is 6.54 Å². The van der Waals surface area contributed by atoms with Crippen LogP contribution in [0.5, 0.6) is 0 Å². The molecule has 6 heteroatoms. The molecule has 1 atom stereocenters. The van der Waals surface area contributed by atoms with Crippen LogP contribution in [0.25, 0.3) is 0 Å². The molecule has 0 aliphatic rings. The molecule has 20 heavy (non-hydrogen) atoms. The second-order valence-electron chi connectivity index (χ2n) is 5.27. The van der Waals surface area contributed by atoms with Crippen LogP contribution in [0.3, 0.4) is 0 Å². The fourth-order valence-corrected chi connectivity index (χ4v) is 3.44. The van der Waals surface area contributed by atoms with Crippen LogP contribution in [0.15, 0.2) is 0 Å². The third kappa shape index (κ3) is 3.76. The lowest BCUT2D eigenvalue weighted by molar-refractivity contribution is 0.565. The molecule has 0 saturated carbocycles. The first-order valence-electron chi connectivity index (χ1n) is 7.18. The zero-order valence-electron chi connectivity index (χ0n) is 13.0. The van der Waals surface area contributed by atoms with E-state index in [-0.39, 0.29) is 16.4 Å². The molecule has 0 aromatic carbocycles. The summed E-state index contributed by atoms with van der Waals surface area (Å²) in [6.07, 6.45) is 1.62. The highest BCUT2D eigenvalue weighted by Gasteiger charge is 2.21. The fourth-order valence-electron chi connectivity index (χ4n) is 2.29. The maximum absolute atomic E-state index is 11.9. The number of halogens is 1. The average molecular weight is 321 g/mol. The Kier molecular flexibility index (Phi) is 6.07. The van der Waals surface area contributed by atoms with Crippen LogP contribution < -0.4 is 0 Å². The number of alkyl halides is 1. The fraction of sp³-hybridized carbons (Fsp3) is 0.786. The van der Waals surface area contributed by atoms with Crippen LogP contribution in [0, 0.1) is 0 Å². The molecule has 0 aliphatic carbocycles. The lowest BCUT2D eigenvalue weighted by atomic mass is 10.1. The molecule has 0 radical (unpaired) electrons. The molecule has 1 heterocycles. The van der Waals surface area contributed by atoms with Crippen LogP contribution in [0.4, 0.5) is 0 Å². The van der Waals surface area contributed by atoms with Crippen molar-refractivity contribution < 1.29 is 8.42 Å². The van der Waals surface area contributed by atoms with Crippen molar-refractivity contribution in [3.8, 4) is 0 Å². The second kappa shape index (κ2) is 6.94. The summed E-state index contributed by atoms with van der Waals surface area (Å²) in [7, 11) is -3.05. The first-order chi connectivity index (χ1) is 9.24. The first kappa shape index (κ1) is 17.5. The van der Waals surface area contributed by atoms with Gasteiger partial charge >= 0.3 is 0 Å². The molecule has 0 aliphatic heterocycles. The summed E-state index contributed by atoms with van der Waals surface area (Å²) in [5, 5.41) is 4.10. The van der Waals surface area contributed by atoms with E-state index in [9.17, 15) is 8.42 Å². The van der Waals surface area contributed by atoms with Gasteiger partial charge in [-0.25, -0.2) is 8.42 Å². The molecule has 0 bridgehead atoms. The van der Waals surface area contributed by atoms with Crippen LogP contribution >= 0.6 is 11.6 Å². The van der Waals surface area contributed by atoms with Crippen molar-refractivity contribution in [1.82, 2.24) is 9.78 Å². The van der Waals surface area contributed by atoms with E-state index >= 15 is 0 Å². The zero-order valence-corrected chi connectivity index (χ0v) is 14.6. The van der Waals surface area contributed by atoms with Gasteiger partial charge in [-0.05, 0) is 33.6 Å². The van der Waals surface area contributed by atoms with Crippen molar-refractivity contribution in [1.29, 1.82) is 0 Å². The topological polar surface area (TPSA) is 52.0 Å². The monoisotopic (exact) mass is 320 g/mol. The minimum absolute atomic E-state index is 0.102. The van der Waals surface area contributed by atoms with Crippen molar-refractivity contribution in [2.45, 2.75) is 64.6 Å². The number of aryl methyl sites for hydroxylation is 2. The maximum Gasteiger partial charge on any atom is 0.154 e. The van der Waals surface area contributed by atoms with Gasteiger partial charge in [0.2, 0.25) is 0 Å². The maximum atomic E-state index is 11.9. The van der Waals surface area contributed by atoms with E-state index in [0.717, 1.165) is 29.8 Å². The molecule has 0 spiro atoms. The molecule has 1 aromatic heterocycles. The van der Waals surface area contributed by atoms with Crippen LogP contribution in [-0.4, -0.2) is 29.2 Å². The normalized spacial score (nSPS) is 13.9. The second-order valence-corrected chi connectivity index (χ2v) is 8.60. The van der Waals surface area contributed by atoms with E-state index in [1.807, 2.05) is 25.5 Å². The molecule has 0 saturated heterocycles. The number of nitrogens with zero attached hydrogens (tertiary/aromatic N) is 2. The molecule has 0 fully saturated rings. The SMILES string of the molecule is CCc1nn(CCS(=O)(=O)C(C)C)c(CC)c1C(C)Cl. The summed E-state index contributed by atoms with van der Waals surface area (Å²) in [6.45, 7) is 9.85. The van der Waals surface area contributed by atoms with Crippen molar-refractivity contribution in [3.63, 3.8) is 0 Å². The van der Waals surface area contributed by atoms with Gasteiger partial charge in [-0.3, -0.25) is 4.68 Å². The van der Waals surface area contributed by atoms with Gasteiger partial charge in [0.15, 0.2) is 9.84 Å². The molecular weight excluding hydrogens is 296 g/mol. The molecule has 116 valence electrons. The highest BCUT2D eigenvalue weighted by molar-refractivity contribution is 7.91. The van der Waals surface area contributed by atoms with Crippen LogP contribution in [0.1, 0.15) is 56.9 Å². The minimum atomic E-state index is -3.05. The van der Waals surface area contributed by atoms with Gasteiger partial charge < -0.3 is 0 Å². The summed E-state index contributed by atoms with van der Waals surface area (Å²) in [6, 6.07) is 0. The summed E-state index contributed by atoms with van der Waals surface area (Å²) >= 11 is 6.25. The van der Waals surface area contributed by atoms with Crippen molar-refractivity contribution in [2.75, 3.05) is 5.75 Å². The van der Waals surface area contributed by atoms with Crippen LogP contribution in [-0.2, 0) is 29.2 Å². The quantitative estimate of drug-likeness (QED) is 0.725. The van der Waals surface area contributed by atoms with Gasteiger partial charge in [-0.15, -0.1) is 11.6 Å². The Morgan fingerprint density at radius 3 is 2.20 bits per heavy atom. The Balaban J connectivity index is 3.08. The van der Waals surface area contributed by atoms with Crippen molar-refractivity contribution in [3.05, 3.63) is 17.0 Å². The number of hydrogen-bond acceptors (Lipinski definition) is 3. The molecule has 0 N–H and O–H groups in total. The van der Waals surface area contributed by atoms with Gasteiger partial charge in [-0.2, -0.15) is 5.10 Å². The zero-order chi connectivity index (χ0) is 15.5. The van der Waals surface area contributed by atoms with E-state index < -0.39 is 9.84 Å². The highest BCUT2D eigenvalue weighted by atomic mass is 35.5. The molecule has 1 unspecified atom stereocenters. The molecule has 4 nitrogen and oxygen atoms in total. The molecule has 1 rings (SSSR count). The van der Waals surface area contributed by atoms with Crippen LogP contribution in [0.2, 0.25) is 0 Å². The summed E-state index contributed by atoms with van der Waals surface area (Å²) in [5.74, 6) is 0.124. The molecule has 0 amide bonds. The van der Waals surface area contributed by atoms with E-state index in [1.165, 1.54) is 0 Å². The standard InChI is InChI=1S/C14H25ClN2O2S/c1-6-12-14(11(5)15)13(7-2)17(16-12)8-9-20(18,19)10(3)4/h10-11H,6-9H2,1-5H3. The third-order valence-corrected chi connectivity index (χ3v) is 5.95. The predicted octanol–water partition coefficient (Wildman–Crippen LogP) is 3.13. The Bertz CT molecular complexity index is 548. The predicted molar refractivity (Wildman–Crippen MR) is 84.2 cm³/mol. The lowest BCUT2D eigenvalue weighted by Crippen LogP contribution is -2.22. The first-order valence-corrected chi connectivity index (χ1v) is 9.33. The summed E-state index contributed by atoms with van der Waals surface area (Å²) in [5.41, 5.74) is 3.10. The van der Waals surface area contributed by atoms with Gasteiger partial charge in [0.1, 0.15) is 0 Å². The van der Waals surface area contributed by atoms with Gasteiger partial charge in [0.05, 0.1) is 28.6 Å². The largest absolute Gasteiger partial charge is 0.268 e. The Labute approximate surface area is 127 Å². The number of aromatic nitrogens is 2. The summed E-state index contributed by atoms with van der Waals surface area (Å²) < 4.78 is 25.7. The Hall–Kier alpha value is -0.550. The van der Waals surface area contributed by atoms with Gasteiger partial charge in [0.25, 0.3) is 0 Å². The van der Waals surface area contributed by atoms with Gasteiger partial charge in [-0.1, -0.05) is 13.8 Å². The average Bonchev–Trinajstić information content (AvgIpc) is 2.74. The lowest BCUT2D eigenvalue weighted by Gasteiger charge is -2.11. The molecular formula is C14H25ClN2O2S.